The smallest absolute Gasteiger partial charge is 0.257 e. The Morgan fingerprint density at radius 1 is 0.857 bits per heavy atom. The van der Waals surface area contributed by atoms with Crippen molar-refractivity contribution in [3.8, 4) is 0 Å². The summed E-state index contributed by atoms with van der Waals surface area (Å²) in [6.07, 6.45) is -6.53. The van der Waals surface area contributed by atoms with E-state index in [4.69, 9.17) is 5.73 Å². The van der Waals surface area contributed by atoms with Crippen LogP contribution in [0.25, 0.3) is 0 Å². The molecule has 0 spiro atoms. The quantitative estimate of drug-likeness (QED) is 0.657. The lowest BCUT2D eigenvalue weighted by atomic mass is 9.74. The number of halogens is 4. The highest BCUT2D eigenvalue weighted by molar-refractivity contribution is 5.49. The second-order valence-corrected chi connectivity index (χ2v) is 4.97. The fourth-order valence-corrected chi connectivity index (χ4v) is 2.46. The maximum Gasteiger partial charge on any atom is 0.257 e. The zero-order chi connectivity index (χ0) is 15.6. The molecule has 0 aliphatic carbocycles. The normalized spacial score (nSPS) is 12.1. The summed E-state index contributed by atoms with van der Waals surface area (Å²) in [4.78, 5) is 0. The maximum atomic E-state index is 13.7. The Morgan fingerprint density at radius 2 is 1.38 bits per heavy atom. The van der Waals surface area contributed by atoms with Crippen molar-refractivity contribution in [2.24, 2.45) is 0 Å². The van der Waals surface area contributed by atoms with Crippen LogP contribution >= 0.6 is 0 Å². The molecule has 0 aliphatic rings. The first-order chi connectivity index (χ1) is 9.88. The lowest BCUT2D eigenvalue weighted by molar-refractivity contribution is -0.0329. The molecule has 2 N–H and O–H groups in total. The van der Waals surface area contributed by atoms with Gasteiger partial charge in [-0.05, 0) is 30.2 Å². The van der Waals surface area contributed by atoms with Crippen LogP contribution in [-0.4, -0.2) is 12.9 Å². The molecule has 0 saturated carbocycles. The number of hydrogen-bond acceptors (Lipinski definition) is 1. The molecule has 0 aliphatic heterocycles. The van der Waals surface area contributed by atoms with E-state index in [1.807, 2.05) is 0 Å². The van der Waals surface area contributed by atoms with E-state index < -0.39 is 18.3 Å². The van der Waals surface area contributed by atoms with Crippen LogP contribution in [0.4, 0.5) is 23.2 Å². The van der Waals surface area contributed by atoms with Crippen LogP contribution < -0.4 is 5.73 Å². The van der Waals surface area contributed by atoms with Gasteiger partial charge in [-0.2, -0.15) is 0 Å². The Kier molecular flexibility index (Phi) is 4.21. The predicted octanol–water partition coefficient (Wildman–Crippen LogP) is 4.39. The molecule has 112 valence electrons. The van der Waals surface area contributed by atoms with Crippen LogP contribution in [0.3, 0.4) is 0 Å². The third-order valence-corrected chi connectivity index (χ3v) is 3.55. The highest BCUT2D eigenvalue weighted by Crippen LogP contribution is 2.44. The monoisotopic (exact) mass is 297 g/mol. The summed E-state index contributed by atoms with van der Waals surface area (Å²) in [5.74, 6) is 0. The summed E-state index contributed by atoms with van der Waals surface area (Å²) in [6, 6.07) is 11.1. The molecule has 0 bridgehead atoms. The highest BCUT2D eigenvalue weighted by atomic mass is 19.3. The number of nitrogens with two attached hydrogens (primary N) is 1. The number of alkyl halides is 4. The third-order valence-electron chi connectivity index (χ3n) is 3.55. The highest BCUT2D eigenvalue weighted by Gasteiger charge is 2.51. The van der Waals surface area contributed by atoms with Gasteiger partial charge in [-0.1, -0.05) is 42.0 Å². The standard InChI is InChI=1S/C16H15F4N/c1-10-4-2-5-11(8-10)16(14(17)18,15(19)20)12-6-3-7-13(21)9-12/h2-9,14-15H,21H2,1H3. The SMILES string of the molecule is Cc1cccc(C(c2cccc(N)c2)(C(F)F)C(F)F)c1. The maximum absolute atomic E-state index is 13.7. The fourth-order valence-electron chi connectivity index (χ4n) is 2.46. The van der Waals surface area contributed by atoms with Crippen molar-refractivity contribution in [2.75, 3.05) is 5.73 Å². The molecule has 2 aromatic rings. The van der Waals surface area contributed by atoms with Crippen LogP contribution in [0, 0.1) is 6.92 Å². The average Bonchev–Trinajstić information content (AvgIpc) is 2.38. The predicted molar refractivity (Wildman–Crippen MR) is 74.8 cm³/mol. The van der Waals surface area contributed by atoms with Gasteiger partial charge in [-0.25, -0.2) is 17.6 Å². The molecule has 0 radical (unpaired) electrons. The van der Waals surface area contributed by atoms with Crippen LogP contribution in [0.1, 0.15) is 16.7 Å². The van der Waals surface area contributed by atoms with E-state index in [2.05, 4.69) is 0 Å². The first kappa shape index (κ1) is 15.4. The molecule has 1 nitrogen and oxygen atoms in total. The number of benzene rings is 2. The van der Waals surface area contributed by atoms with Gasteiger partial charge in [0.15, 0.2) is 0 Å². The average molecular weight is 297 g/mol. The number of nitrogen functional groups attached to an aromatic ring is 1. The van der Waals surface area contributed by atoms with Crippen molar-refractivity contribution in [2.45, 2.75) is 25.2 Å². The molecular formula is C16H15F4N. The number of rotatable bonds is 4. The van der Waals surface area contributed by atoms with Gasteiger partial charge < -0.3 is 5.73 Å². The Labute approximate surface area is 120 Å². The van der Waals surface area contributed by atoms with Crippen molar-refractivity contribution in [3.05, 3.63) is 65.2 Å². The molecule has 0 amide bonds. The van der Waals surface area contributed by atoms with Gasteiger partial charge in [0, 0.05) is 5.69 Å². The molecule has 0 atom stereocenters. The number of aryl methyl sites for hydroxylation is 1. The van der Waals surface area contributed by atoms with Crippen LogP contribution in [0.2, 0.25) is 0 Å². The third kappa shape index (κ3) is 2.60. The Bertz CT molecular complexity index is 570. The Hall–Kier alpha value is -2.04. The second-order valence-electron chi connectivity index (χ2n) is 4.97. The Balaban J connectivity index is 2.76. The number of anilines is 1. The van der Waals surface area contributed by atoms with Crippen molar-refractivity contribution >= 4 is 5.69 Å². The van der Waals surface area contributed by atoms with Crippen LogP contribution in [-0.2, 0) is 5.41 Å². The van der Waals surface area contributed by atoms with Gasteiger partial charge in [0.1, 0.15) is 5.41 Å². The van der Waals surface area contributed by atoms with E-state index in [-0.39, 0.29) is 16.8 Å². The molecule has 21 heavy (non-hydrogen) atoms. The molecule has 0 fully saturated rings. The van der Waals surface area contributed by atoms with Crippen molar-refractivity contribution in [1.82, 2.24) is 0 Å². The summed E-state index contributed by atoms with van der Waals surface area (Å²) in [5.41, 5.74) is 3.41. The van der Waals surface area contributed by atoms with E-state index in [1.54, 1.807) is 13.0 Å². The molecule has 2 rings (SSSR count). The van der Waals surface area contributed by atoms with Gasteiger partial charge in [0.05, 0.1) is 0 Å². The van der Waals surface area contributed by atoms with Crippen molar-refractivity contribution in [1.29, 1.82) is 0 Å². The van der Waals surface area contributed by atoms with E-state index in [1.165, 1.54) is 42.5 Å². The zero-order valence-corrected chi connectivity index (χ0v) is 11.4. The topological polar surface area (TPSA) is 26.0 Å². The Morgan fingerprint density at radius 3 is 1.86 bits per heavy atom. The lowest BCUT2D eigenvalue weighted by Crippen LogP contribution is -2.43. The summed E-state index contributed by atoms with van der Waals surface area (Å²) >= 11 is 0. The van der Waals surface area contributed by atoms with Crippen molar-refractivity contribution in [3.63, 3.8) is 0 Å². The molecule has 2 aromatic carbocycles. The second kappa shape index (κ2) is 5.76. The van der Waals surface area contributed by atoms with E-state index in [9.17, 15) is 17.6 Å². The van der Waals surface area contributed by atoms with Crippen molar-refractivity contribution < 1.29 is 17.6 Å². The van der Waals surface area contributed by atoms with Gasteiger partial charge >= 0.3 is 0 Å². The summed E-state index contributed by atoms with van der Waals surface area (Å²) < 4.78 is 54.9. The molecular weight excluding hydrogens is 282 g/mol. The molecule has 0 unspecified atom stereocenters. The van der Waals surface area contributed by atoms with Crippen LogP contribution in [0.15, 0.2) is 48.5 Å². The summed E-state index contributed by atoms with van der Waals surface area (Å²) in [5, 5.41) is 0. The molecule has 0 heterocycles. The van der Waals surface area contributed by atoms with Gasteiger partial charge in [0.2, 0.25) is 0 Å². The fraction of sp³-hybridized carbons (Fsp3) is 0.250. The van der Waals surface area contributed by atoms with E-state index >= 15 is 0 Å². The van der Waals surface area contributed by atoms with Gasteiger partial charge in [-0.3, -0.25) is 0 Å². The first-order valence-electron chi connectivity index (χ1n) is 6.38. The summed E-state index contributed by atoms with van der Waals surface area (Å²) in [7, 11) is 0. The molecule has 0 aromatic heterocycles. The largest absolute Gasteiger partial charge is 0.399 e. The number of hydrogen-bond donors (Lipinski definition) is 1. The minimum atomic E-state index is -3.26. The van der Waals surface area contributed by atoms with Gasteiger partial charge in [-0.15, -0.1) is 0 Å². The van der Waals surface area contributed by atoms with Gasteiger partial charge in [0.25, 0.3) is 12.9 Å². The minimum absolute atomic E-state index is 0.113. The minimum Gasteiger partial charge on any atom is -0.399 e. The molecule has 5 heteroatoms. The van der Waals surface area contributed by atoms with Crippen LogP contribution in [0.5, 0.6) is 0 Å². The van der Waals surface area contributed by atoms with E-state index in [0.29, 0.717) is 5.56 Å². The summed E-state index contributed by atoms with van der Waals surface area (Å²) in [6.45, 7) is 1.67. The molecule has 0 saturated heterocycles. The van der Waals surface area contributed by atoms with E-state index in [0.717, 1.165) is 0 Å². The first-order valence-corrected chi connectivity index (χ1v) is 6.38. The lowest BCUT2D eigenvalue weighted by Gasteiger charge is -2.33. The zero-order valence-electron chi connectivity index (χ0n) is 11.4.